The third-order valence-electron chi connectivity index (χ3n) is 12.7. The fourth-order valence-corrected chi connectivity index (χ4v) is 9.75. The minimum Gasteiger partial charge on any atom is -0.456 e. The molecule has 0 fully saturated rings. The lowest BCUT2D eigenvalue weighted by atomic mass is 9.85. The number of nitrogens with zero attached hydrogens (tertiary/aromatic N) is 1. The topological polar surface area (TPSA) is 16.4 Å². The van der Waals surface area contributed by atoms with Crippen molar-refractivity contribution in [2.24, 2.45) is 0 Å². The Morgan fingerprint density at radius 1 is 0.266 bits per heavy atom. The van der Waals surface area contributed by atoms with Crippen LogP contribution in [0.1, 0.15) is 0 Å². The van der Waals surface area contributed by atoms with Gasteiger partial charge in [0.1, 0.15) is 11.2 Å². The molecule has 1 aromatic heterocycles. The van der Waals surface area contributed by atoms with E-state index in [9.17, 15) is 0 Å². The van der Waals surface area contributed by atoms with Crippen molar-refractivity contribution in [1.29, 1.82) is 0 Å². The Hall–Kier alpha value is -8.46. The van der Waals surface area contributed by atoms with Crippen LogP contribution in [0.25, 0.3) is 99.1 Å². The van der Waals surface area contributed by atoms with E-state index in [0.717, 1.165) is 61.3 Å². The first-order valence-corrected chi connectivity index (χ1v) is 21.9. The Kier molecular flexibility index (Phi) is 9.20. The predicted molar refractivity (Wildman–Crippen MR) is 271 cm³/mol. The Morgan fingerprint density at radius 3 is 1.45 bits per heavy atom. The Labute approximate surface area is 372 Å². The van der Waals surface area contributed by atoms with Gasteiger partial charge in [0.05, 0.1) is 5.69 Å². The van der Waals surface area contributed by atoms with Crippen LogP contribution >= 0.6 is 0 Å². The van der Waals surface area contributed by atoms with Crippen molar-refractivity contribution in [1.82, 2.24) is 0 Å². The second-order valence-corrected chi connectivity index (χ2v) is 16.4. The molecule has 64 heavy (non-hydrogen) atoms. The lowest BCUT2D eigenvalue weighted by Crippen LogP contribution is -2.11. The molecule has 0 aliphatic rings. The summed E-state index contributed by atoms with van der Waals surface area (Å²) in [4.78, 5) is 2.44. The summed E-state index contributed by atoms with van der Waals surface area (Å²) in [5.74, 6) is 0. The van der Waals surface area contributed by atoms with Crippen LogP contribution in [0.3, 0.4) is 0 Å². The van der Waals surface area contributed by atoms with Crippen LogP contribution < -0.4 is 4.90 Å². The van der Waals surface area contributed by atoms with E-state index in [0.29, 0.717) is 0 Å². The van der Waals surface area contributed by atoms with E-state index >= 15 is 0 Å². The molecule has 0 saturated carbocycles. The van der Waals surface area contributed by atoms with Crippen molar-refractivity contribution < 1.29 is 4.42 Å². The number of hydrogen-bond acceptors (Lipinski definition) is 2. The van der Waals surface area contributed by atoms with Gasteiger partial charge in [-0.25, -0.2) is 0 Å². The zero-order valence-corrected chi connectivity index (χ0v) is 35.0. The van der Waals surface area contributed by atoms with E-state index in [1.165, 1.54) is 54.9 Å². The number of furan rings is 1. The quantitative estimate of drug-likeness (QED) is 0.142. The summed E-state index contributed by atoms with van der Waals surface area (Å²) in [5.41, 5.74) is 16.8. The lowest BCUT2D eigenvalue weighted by Gasteiger charge is -2.29. The monoisotopic (exact) mass is 815 g/mol. The number of rotatable bonds is 8. The molecular formula is C62H41NO. The zero-order chi connectivity index (χ0) is 42.4. The second-order valence-electron chi connectivity index (χ2n) is 16.4. The molecule has 300 valence electrons. The van der Waals surface area contributed by atoms with Gasteiger partial charge in [0.2, 0.25) is 0 Å². The average molecular weight is 816 g/mol. The smallest absolute Gasteiger partial charge is 0.136 e. The number of hydrogen-bond donors (Lipinski definition) is 0. The third kappa shape index (κ3) is 6.44. The maximum atomic E-state index is 6.32. The predicted octanol–water partition coefficient (Wildman–Crippen LogP) is 17.7. The highest BCUT2D eigenvalue weighted by Crippen LogP contribution is 2.49. The van der Waals surface area contributed by atoms with Crippen LogP contribution in [0.15, 0.2) is 253 Å². The molecule has 0 bridgehead atoms. The van der Waals surface area contributed by atoms with Crippen molar-refractivity contribution in [3.63, 3.8) is 0 Å². The average Bonchev–Trinajstić information content (AvgIpc) is 3.76. The van der Waals surface area contributed by atoms with E-state index in [-0.39, 0.29) is 0 Å². The zero-order valence-electron chi connectivity index (χ0n) is 35.0. The summed E-state index contributed by atoms with van der Waals surface area (Å²) < 4.78 is 6.32. The van der Waals surface area contributed by atoms with Crippen molar-refractivity contribution in [2.75, 3.05) is 4.90 Å². The van der Waals surface area contributed by atoms with E-state index < -0.39 is 0 Å². The van der Waals surface area contributed by atoms with E-state index in [4.69, 9.17) is 4.42 Å². The first-order chi connectivity index (χ1) is 31.8. The molecule has 12 aromatic rings. The maximum absolute atomic E-state index is 6.32. The van der Waals surface area contributed by atoms with E-state index in [1.807, 2.05) is 12.1 Å². The van der Waals surface area contributed by atoms with Gasteiger partial charge in [-0.05, 0) is 120 Å². The van der Waals surface area contributed by atoms with Crippen LogP contribution in [0.4, 0.5) is 17.1 Å². The summed E-state index contributed by atoms with van der Waals surface area (Å²) in [6.45, 7) is 0. The lowest BCUT2D eigenvalue weighted by molar-refractivity contribution is 0.669. The summed E-state index contributed by atoms with van der Waals surface area (Å²) in [7, 11) is 0. The molecule has 0 N–H and O–H groups in total. The summed E-state index contributed by atoms with van der Waals surface area (Å²) in [5, 5.41) is 7.15. The molecule has 0 aliphatic heterocycles. The first kappa shape index (κ1) is 37.3. The number of para-hydroxylation sites is 1. The van der Waals surface area contributed by atoms with Gasteiger partial charge in [-0.15, -0.1) is 0 Å². The van der Waals surface area contributed by atoms with Crippen LogP contribution in [0.5, 0.6) is 0 Å². The van der Waals surface area contributed by atoms with Crippen LogP contribution in [0, 0.1) is 0 Å². The van der Waals surface area contributed by atoms with Crippen molar-refractivity contribution in [2.45, 2.75) is 0 Å². The van der Waals surface area contributed by atoms with Crippen molar-refractivity contribution in [3.05, 3.63) is 249 Å². The third-order valence-corrected chi connectivity index (χ3v) is 12.7. The van der Waals surface area contributed by atoms with Crippen LogP contribution in [-0.2, 0) is 0 Å². The summed E-state index contributed by atoms with van der Waals surface area (Å²) in [6, 6.07) is 89.8. The highest BCUT2D eigenvalue weighted by molar-refractivity contribution is 6.22. The first-order valence-electron chi connectivity index (χ1n) is 21.9. The SMILES string of the molecule is c1ccc(-c2ccc(N(c3ccc(-c4cccc5oc6ccccc6c45)cc3)c3ccc4c(c3)c(-c3ccccc3)c(-c3ccccc3)c3ccccc34)c(-c3ccccc3)c2)cc1. The maximum Gasteiger partial charge on any atom is 0.136 e. The molecule has 11 aromatic carbocycles. The Balaban J connectivity index is 1.13. The van der Waals surface area contributed by atoms with E-state index in [1.54, 1.807) is 0 Å². The molecule has 1 heterocycles. The molecule has 0 atom stereocenters. The fraction of sp³-hybridized carbons (Fsp3) is 0. The summed E-state index contributed by atoms with van der Waals surface area (Å²) in [6.07, 6.45) is 0. The minimum absolute atomic E-state index is 0.892. The van der Waals surface area contributed by atoms with Crippen LogP contribution in [-0.4, -0.2) is 0 Å². The van der Waals surface area contributed by atoms with Crippen LogP contribution in [0.2, 0.25) is 0 Å². The minimum atomic E-state index is 0.892. The van der Waals surface area contributed by atoms with Gasteiger partial charge < -0.3 is 9.32 Å². The molecule has 0 saturated heterocycles. The number of benzene rings is 11. The normalized spacial score (nSPS) is 11.4. The number of anilines is 3. The molecule has 12 rings (SSSR count). The highest BCUT2D eigenvalue weighted by Gasteiger charge is 2.23. The second kappa shape index (κ2) is 15.8. The standard InChI is InChI=1S/C62H41NO/c1-5-18-42(19-6-1)47-34-39-57(55(40-47)43-20-7-2-8-21-43)63(48-35-32-44(33-36-48)50-29-17-31-59-62(50)54-28-15-16-30-58(54)64-59)49-37-38-52-51-26-13-14-27-53(51)60(45-22-9-3-10-23-45)61(56(52)41-49)46-24-11-4-12-25-46/h1-41H. The molecule has 0 spiro atoms. The molecule has 2 nitrogen and oxygen atoms in total. The van der Waals surface area contributed by atoms with E-state index in [2.05, 4.69) is 241 Å². The summed E-state index contributed by atoms with van der Waals surface area (Å²) >= 11 is 0. The van der Waals surface area contributed by atoms with Gasteiger partial charge in [-0.1, -0.05) is 200 Å². The largest absolute Gasteiger partial charge is 0.456 e. The Bertz CT molecular complexity index is 3630. The van der Waals surface area contributed by atoms with Gasteiger partial charge in [-0.3, -0.25) is 0 Å². The highest BCUT2D eigenvalue weighted by atomic mass is 16.3. The molecule has 0 aliphatic carbocycles. The van der Waals surface area contributed by atoms with Gasteiger partial charge in [-0.2, -0.15) is 0 Å². The molecular weight excluding hydrogens is 775 g/mol. The van der Waals surface area contributed by atoms with Crippen molar-refractivity contribution >= 4 is 60.5 Å². The van der Waals surface area contributed by atoms with Gasteiger partial charge >= 0.3 is 0 Å². The number of fused-ring (bicyclic) bond motifs is 6. The van der Waals surface area contributed by atoms with Gasteiger partial charge in [0.15, 0.2) is 0 Å². The molecule has 2 heteroatoms. The van der Waals surface area contributed by atoms with Gasteiger partial charge in [0.25, 0.3) is 0 Å². The van der Waals surface area contributed by atoms with Crippen molar-refractivity contribution in [3.8, 4) is 55.6 Å². The molecule has 0 radical (unpaired) electrons. The molecule has 0 amide bonds. The molecule has 0 unspecified atom stereocenters. The Morgan fingerprint density at radius 2 is 0.766 bits per heavy atom. The van der Waals surface area contributed by atoms with Gasteiger partial charge in [0, 0.05) is 27.7 Å². The fourth-order valence-electron chi connectivity index (χ4n) is 9.75.